The highest BCUT2D eigenvalue weighted by Crippen LogP contribution is 2.31. The van der Waals surface area contributed by atoms with Gasteiger partial charge >= 0.3 is 0 Å². The van der Waals surface area contributed by atoms with Crippen molar-refractivity contribution in [2.45, 2.75) is 39.5 Å². The number of aryl methyl sites for hydroxylation is 2. The molecule has 5 rings (SSSR count). The molecular weight excluding hydrogens is 426 g/mol. The van der Waals surface area contributed by atoms with Crippen LogP contribution in [0, 0.1) is 19.8 Å². The number of amides is 1. The number of amidine groups is 1. The summed E-state index contributed by atoms with van der Waals surface area (Å²) in [6.07, 6.45) is 10.7. The molecule has 34 heavy (non-hydrogen) atoms. The van der Waals surface area contributed by atoms with Crippen LogP contribution in [0.3, 0.4) is 0 Å². The highest BCUT2D eigenvalue weighted by Gasteiger charge is 2.30. The minimum absolute atomic E-state index is 0.0838. The molecule has 2 aliphatic carbocycles. The largest absolute Gasteiger partial charge is 0.501 e. The number of rotatable bonds is 8. The standard InChI is InChI=1S/C27H29N5O2/c1-17-4-7-20(14-18(17)2)25-26(29-12-11-28-25)27(33)32(16-19-5-6-19)13-10-24-30-22-9-8-21(34-3)15-23(22)31-24/h4,7-9,11-12,14,19H,5-6,10,13,15-16H2,1-3H3. The number of methoxy groups -OCH3 is 1. The van der Waals surface area contributed by atoms with Crippen molar-refractivity contribution in [1.82, 2.24) is 14.9 Å². The summed E-state index contributed by atoms with van der Waals surface area (Å²) < 4.78 is 5.34. The maximum absolute atomic E-state index is 13.7. The molecule has 0 spiro atoms. The number of aliphatic imine (C=N–C) groups is 2. The van der Waals surface area contributed by atoms with E-state index in [0.29, 0.717) is 36.7 Å². The summed E-state index contributed by atoms with van der Waals surface area (Å²) in [5.74, 6) is 2.11. The monoisotopic (exact) mass is 455 g/mol. The van der Waals surface area contributed by atoms with E-state index >= 15 is 0 Å². The molecule has 1 fully saturated rings. The summed E-state index contributed by atoms with van der Waals surface area (Å²) in [6, 6.07) is 6.14. The first-order valence-electron chi connectivity index (χ1n) is 11.8. The first-order chi connectivity index (χ1) is 16.5. The van der Waals surface area contributed by atoms with Gasteiger partial charge < -0.3 is 9.64 Å². The number of carbonyl (C=O) groups is 1. The van der Waals surface area contributed by atoms with Gasteiger partial charge in [-0.05, 0) is 62.0 Å². The van der Waals surface area contributed by atoms with Gasteiger partial charge in [0.1, 0.15) is 17.3 Å². The zero-order valence-corrected chi connectivity index (χ0v) is 19.9. The van der Waals surface area contributed by atoms with Crippen molar-refractivity contribution < 1.29 is 9.53 Å². The summed E-state index contributed by atoms with van der Waals surface area (Å²) in [7, 11) is 1.67. The molecule has 0 N–H and O–H groups in total. The molecule has 1 aromatic heterocycles. The fourth-order valence-corrected chi connectivity index (χ4v) is 4.22. The molecule has 1 saturated carbocycles. The quantitative estimate of drug-likeness (QED) is 0.579. The third kappa shape index (κ3) is 4.69. The van der Waals surface area contributed by atoms with E-state index in [1.807, 2.05) is 23.1 Å². The third-order valence-electron chi connectivity index (χ3n) is 6.59. The van der Waals surface area contributed by atoms with Crippen LogP contribution in [0.15, 0.2) is 64.2 Å². The van der Waals surface area contributed by atoms with E-state index in [2.05, 4.69) is 40.9 Å². The second-order valence-electron chi connectivity index (χ2n) is 9.15. The Morgan fingerprint density at radius 3 is 2.68 bits per heavy atom. The molecule has 3 aliphatic rings. The van der Waals surface area contributed by atoms with Gasteiger partial charge in [-0.2, -0.15) is 0 Å². The first kappa shape index (κ1) is 22.2. The SMILES string of the molecule is COC1=CC=C2N=C(CCN(CC3CC3)C(=O)c3nccnc3-c3ccc(C)c(C)c3)N=C2C1. The van der Waals surface area contributed by atoms with Crippen LogP contribution < -0.4 is 0 Å². The van der Waals surface area contributed by atoms with Gasteiger partial charge in [-0.1, -0.05) is 12.1 Å². The van der Waals surface area contributed by atoms with E-state index in [1.165, 1.54) is 5.56 Å². The highest BCUT2D eigenvalue weighted by molar-refractivity contribution is 6.14. The minimum Gasteiger partial charge on any atom is -0.501 e. The Kier molecular flexibility index (Phi) is 6.09. The lowest BCUT2D eigenvalue weighted by Crippen LogP contribution is -2.35. The molecule has 7 nitrogen and oxygen atoms in total. The van der Waals surface area contributed by atoms with E-state index in [9.17, 15) is 4.79 Å². The smallest absolute Gasteiger partial charge is 0.274 e. The molecule has 1 amide bonds. The fourth-order valence-electron chi connectivity index (χ4n) is 4.22. The Morgan fingerprint density at radius 2 is 1.91 bits per heavy atom. The first-order valence-corrected chi connectivity index (χ1v) is 11.8. The Balaban J connectivity index is 1.35. The molecule has 0 bridgehead atoms. The molecule has 0 radical (unpaired) electrons. The van der Waals surface area contributed by atoms with Crippen molar-refractivity contribution >= 4 is 17.5 Å². The van der Waals surface area contributed by atoms with Crippen molar-refractivity contribution in [2.24, 2.45) is 15.9 Å². The molecule has 2 heterocycles. The van der Waals surface area contributed by atoms with Gasteiger partial charge in [-0.25, -0.2) is 15.0 Å². The van der Waals surface area contributed by atoms with E-state index in [0.717, 1.165) is 53.5 Å². The summed E-state index contributed by atoms with van der Waals surface area (Å²) in [4.78, 5) is 34.0. The lowest BCUT2D eigenvalue weighted by atomic mass is 10.0. The number of hydrogen-bond acceptors (Lipinski definition) is 6. The average Bonchev–Trinajstić information content (AvgIpc) is 3.59. The van der Waals surface area contributed by atoms with Gasteiger partial charge in [0.2, 0.25) is 0 Å². The summed E-state index contributed by atoms with van der Waals surface area (Å²) in [5, 5.41) is 0. The predicted octanol–water partition coefficient (Wildman–Crippen LogP) is 4.67. The second-order valence-corrected chi connectivity index (χ2v) is 9.15. The summed E-state index contributed by atoms with van der Waals surface area (Å²) >= 11 is 0. The van der Waals surface area contributed by atoms with Gasteiger partial charge in [-0.3, -0.25) is 9.78 Å². The Bertz CT molecular complexity index is 1250. The van der Waals surface area contributed by atoms with E-state index in [1.54, 1.807) is 19.5 Å². The summed E-state index contributed by atoms with van der Waals surface area (Å²) in [6.45, 7) is 5.42. The predicted molar refractivity (Wildman–Crippen MR) is 133 cm³/mol. The molecule has 174 valence electrons. The highest BCUT2D eigenvalue weighted by atomic mass is 16.5. The van der Waals surface area contributed by atoms with Crippen LogP contribution in [0.1, 0.15) is 47.3 Å². The number of nitrogens with zero attached hydrogens (tertiary/aromatic N) is 5. The van der Waals surface area contributed by atoms with Crippen molar-refractivity contribution in [2.75, 3.05) is 20.2 Å². The van der Waals surface area contributed by atoms with Crippen LogP contribution in [0.4, 0.5) is 0 Å². The van der Waals surface area contributed by atoms with Gasteiger partial charge in [0.15, 0.2) is 5.69 Å². The number of carbonyl (C=O) groups excluding carboxylic acids is 1. The van der Waals surface area contributed by atoms with Crippen molar-refractivity contribution in [3.8, 4) is 11.3 Å². The van der Waals surface area contributed by atoms with Crippen LogP contribution in [-0.4, -0.2) is 52.5 Å². The lowest BCUT2D eigenvalue weighted by molar-refractivity contribution is 0.0747. The number of ether oxygens (including phenoxy) is 1. The molecule has 1 aliphatic heterocycles. The Labute approximate surface area is 200 Å². The lowest BCUT2D eigenvalue weighted by Gasteiger charge is -2.23. The Hall–Kier alpha value is -3.61. The molecular formula is C27H29N5O2. The van der Waals surface area contributed by atoms with E-state index < -0.39 is 0 Å². The van der Waals surface area contributed by atoms with Crippen LogP contribution in [-0.2, 0) is 4.74 Å². The van der Waals surface area contributed by atoms with E-state index in [-0.39, 0.29) is 5.91 Å². The van der Waals surface area contributed by atoms with Crippen molar-refractivity contribution in [3.05, 3.63) is 71.0 Å². The van der Waals surface area contributed by atoms with Crippen LogP contribution >= 0.6 is 0 Å². The number of fused-ring (bicyclic) bond motifs is 1. The average molecular weight is 456 g/mol. The zero-order chi connectivity index (χ0) is 23.7. The minimum atomic E-state index is -0.0838. The van der Waals surface area contributed by atoms with Gasteiger partial charge in [0.25, 0.3) is 5.91 Å². The fraction of sp³-hybridized carbons (Fsp3) is 0.370. The van der Waals surface area contributed by atoms with Crippen LogP contribution in [0.5, 0.6) is 0 Å². The molecule has 0 saturated heterocycles. The topological polar surface area (TPSA) is 80.0 Å². The van der Waals surface area contributed by atoms with Gasteiger partial charge in [0.05, 0.1) is 18.5 Å². The maximum Gasteiger partial charge on any atom is 0.274 e. The molecule has 2 aromatic rings. The molecule has 0 atom stereocenters. The number of allylic oxidation sites excluding steroid dienone is 4. The van der Waals surface area contributed by atoms with E-state index in [4.69, 9.17) is 9.73 Å². The summed E-state index contributed by atoms with van der Waals surface area (Å²) in [5.41, 5.74) is 6.13. The molecule has 1 aromatic carbocycles. The van der Waals surface area contributed by atoms with Gasteiger partial charge in [-0.15, -0.1) is 0 Å². The number of aromatic nitrogens is 2. The van der Waals surface area contributed by atoms with Crippen molar-refractivity contribution in [1.29, 1.82) is 0 Å². The van der Waals surface area contributed by atoms with Gasteiger partial charge in [0, 0.05) is 43.9 Å². The van der Waals surface area contributed by atoms with Crippen molar-refractivity contribution in [3.63, 3.8) is 0 Å². The number of hydrogen-bond donors (Lipinski definition) is 0. The van der Waals surface area contributed by atoms with Crippen LogP contribution in [0.2, 0.25) is 0 Å². The number of benzene rings is 1. The molecule has 7 heteroatoms. The van der Waals surface area contributed by atoms with Crippen LogP contribution in [0.25, 0.3) is 11.3 Å². The normalized spacial score (nSPS) is 16.8. The maximum atomic E-state index is 13.7. The second kappa shape index (κ2) is 9.33. The Morgan fingerprint density at radius 1 is 1.09 bits per heavy atom. The zero-order valence-electron chi connectivity index (χ0n) is 19.9. The molecule has 0 unspecified atom stereocenters. The third-order valence-corrected chi connectivity index (χ3v) is 6.59.